The summed E-state index contributed by atoms with van der Waals surface area (Å²) < 4.78 is 15.0. The lowest BCUT2D eigenvalue weighted by molar-refractivity contribution is -0.673. The van der Waals surface area contributed by atoms with Crippen molar-refractivity contribution in [3.63, 3.8) is 0 Å². The highest BCUT2D eigenvalue weighted by molar-refractivity contribution is 6.05. The maximum Gasteiger partial charge on any atom is 0.374 e. The average molecular weight is 586 g/mol. The van der Waals surface area contributed by atoms with E-state index >= 15 is 0 Å². The summed E-state index contributed by atoms with van der Waals surface area (Å²) in [5.74, 6) is 2.19. The predicted octanol–water partition coefficient (Wildman–Crippen LogP) is 8.27. The zero-order valence-corrected chi connectivity index (χ0v) is 25.4. The van der Waals surface area contributed by atoms with Crippen LogP contribution in [0.25, 0.3) is 27.9 Å². The monoisotopic (exact) mass is 585 g/mol. The van der Waals surface area contributed by atoms with Crippen molar-refractivity contribution in [1.82, 2.24) is 0 Å². The number of benzene rings is 4. The molecule has 7 nitrogen and oxygen atoms in total. The molecule has 0 saturated heterocycles. The molecule has 44 heavy (non-hydrogen) atoms. The minimum absolute atomic E-state index is 0.138. The third-order valence-corrected chi connectivity index (χ3v) is 8.33. The molecule has 7 rings (SSSR count). The van der Waals surface area contributed by atoms with Crippen molar-refractivity contribution in [3.05, 3.63) is 108 Å². The van der Waals surface area contributed by atoms with Crippen molar-refractivity contribution in [1.29, 1.82) is 0 Å². The van der Waals surface area contributed by atoms with Crippen molar-refractivity contribution in [2.45, 2.75) is 52.6 Å². The van der Waals surface area contributed by atoms with Crippen LogP contribution in [0.3, 0.4) is 0 Å². The lowest BCUT2D eigenvalue weighted by atomic mass is 10.1. The van der Waals surface area contributed by atoms with E-state index in [1.165, 1.54) is 23.6 Å². The number of allylic oxidation sites excluding steroid dienone is 2. The van der Waals surface area contributed by atoms with Gasteiger partial charge in [-0.15, -0.1) is 0 Å². The molecule has 2 aliphatic rings. The normalized spacial score (nSPS) is 15.6. The van der Waals surface area contributed by atoms with E-state index in [-0.39, 0.29) is 5.91 Å². The second-order valence-corrected chi connectivity index (χ2v) is 11.4. The topological polar surface area (TPSA) is 70.6 Å². The highest BCUT2D eigenvalue weighted by atomic mass is 16.5. The summed E-state index contributed by atoms with van der Waals surface area (Å²) in [6, 6.07) is 26.6. The van der Waals surface area contributed by atoms with Crippen LogP contribution < -0.4 is 24.8 Å². The Kier molecular flexibility index (Phi) is 7.30. The second-order valence-electron chi connectivity index (χ2n) is 11.4. The number of carbonyl (C=O) groups excluding carboxylic acids is 1. The molecule has 1 aromatic heterocycles. The molecular weight excluding hydrogens is 548 g/mol. The molecule has 0 atom stereocenters. The molecule has 1 aliphatic heterocycles. The van der Waals surface area contributed by atoms with Gasteiger partial charge in [0.05, 0.1) is 17.1 Å². The number of fused-ring (bicyclic) bond motifs is 4. The Balaban J connectivity index is 1.15. The number of anilines is 3. The molecular formula is C37H37N4O3+. The molecule has 1 aliphatic carbocycles. The van der Waals surface area contributed by atoms with E-state index in [1.54, 1.807) is 0 Å². The highest BCUT2D eigenvalue weighted by Crippen LogP contribution is 2.41. The molecule has 0 unspecified atom stereocenters. The minimum atomic E-state index is -0.138. The van der Waals surface area contributed by atoms with E-state index in [2.05, 4.69) is 89.4 Å². The van der Waals surface area contributed by atoms with E-state index in [0.717, 1.165) is 64.2 Å². The number of aromatic nitrogens is 1. The number of nitrogens with one attached hydrogen (secondary N) is 2. The van der Waals surface area contributed by atoms with Gasteiger partial charge in [0, 0.05) is 35.6 Å². The number of nitrogens with zero attached hydrogens (tertiary/aromatic N) is 2. The van der Waals surface area contributed by atoms with Gasteiger partial charge in [0.25, 0.3) is 11.4 Å². The Morgan fingerprint density at radius 2 is 1.84 bits per heavy atom. The van der Waals surface area contributed by atoms with Crippen molar-refractivity contribution < 1.29 is 18.5 Å². The SMILES string of the molecule is CCC(=Cc1oc2ccc3ccccc3c2[n+]1CC)C=C1Oc2ccc(NC(=O)c3cccc(NC4CC4)c3)cc2N1CC. The second kappa shape index (κ2) is 11.6. The van der Waals surface area contributed by atoms with Crippen molar-refractivity contribution in [2.24, 2.45) is 0 Å². The van der Waals surface area contributed by atoms with Gasteiger partial charge in [0.2, 0.25) is 11.5 Å². The lowest BCUT2D eigenvalue weighted by Gasteiger charge is -2.16. The fourth-order valence-corrected chi connectivity index (χ4v) is 5.89. The van der Waals surface area contributed by atoms with Crippen LogP contribution in [0.1, 0.15) is 56.3 Å². The Bertz CT molecular complexity index is 1950. The molecule has 1 saturated carbocycles. The zero-order valence-electron chi connectivity index (χ0n) is 25.4. The van der Waals surface area contributed by atoms with Gasteiger partial charge in [-0.2, -0.15) is 4.57 Å². The summed E-state index contributed by atoms with van der Waals surface area (Å²) in [5.41, 5.74) is 6.33. The predicted molar refractivity (Wildman–Crippen MR) is 177 cm³/mol. The quantitative estimate of drug-likeness (QED) is 0.170. The van der Waals surface area contributed by atoms with E-state index in [1.807, 2.05) is 42.5 Å². The van der Waals surface area contributed by atoms with Crippen LogP contribution in [0.2, 0.25) is 0 Å². The van der Waals surface area contributed by atoms with E-state index in [9.17, 15) is 4.79 Å². The molecule has 1 amide bonds. The van der Waals surface area contributed by atoms with Gasteiger partial charge in [-0.1, -0.05) is 37.3 Å². The molecule has 2 heterocycles. The number of hydrogen-bond donors (Lipinski definition) is 2. The van der Waals surface area contributed by atoms with Gasteiger partial charge in [0.15, 0.2) is 5.75 Å². The van der Waals surface area contributed by atoms with E-state index in [4.69, 9.17) is 9.15 Å². The van der Waals surface area contributed by atoms with Crippen LogP contribution >= 0.6 is 0 Å². The lowest BCUT2D eigenvalue weighted by Crippen LogP contribution is -2.34. The van der Waals surface area contributed by atoms with Gasteiger partial charge < -0.3 is 24.7 Å². The Morgan fingerprint density at radius 1 is 0.977 bits per heavy atom. The first-order valence-electron chi connectivity index (χ1n) is 15.6. The van der Waals surface area contributed by atoms with Crippen LogP contribution in [-0.4, -0.2) is 18.5 Å². The summed E-state index contributed by atoms with van der Waals surface area (Å²) in [7, 11) is 0. The van der Waals surface area contributed by atoms with Gasteiger partial charge in [-0.05, 0) is 92.6 Å². The smallest absolute Gasteiger partial charge is 0.374 e. The van der Waals surface area contributed by atoms with E-state index in [0.29, 0.717) is 18.2 Å². The minimum Gasteiger partial charge on any atom is -0.439 e. The molecule has 1 fully saturated rings. The molecule has 0 spiro atoms. The third-order valence-electron chi connectivity index (χ3n) is 8.33. The summed E-state index contributed by atoms with van der Waals surface area (Å²) in [6.07, 6.45) is 7.38. The molecule has 222 valence electrons. The van der Waals surface area contributed by atoms with E-state index < -0.39 is 0 Å². The first kappa shape index (κ1) is 27.8. The number of aryl methyl sites for hydroxylation is 1. The summed E-state index contributed by atoms with van der Waals surface area (Å²) in [5, 5.41) is 8.91. The Morgan fingerprint density at radius 3 is 2.64 bits per heavy atom. The average Bonchev–Trinajstić information content (AvgIpc) is 3.69. The standard InChI is InChI=1S/C37H36N4O3/c1-4-24(21-35-41(6-3)36-30-13-8-7-10-25(30)14-18-33(36)44-35)20-34-40(5-2)31-23-29(17-19-32(31)43-34)39-37(42)26-11-9-12-28(22-26)38-27-15-16-27/h7-14,17-23,27,38H,4-6,15-16H2,1-3H3/p+1. The van der Waals surface area contributed by atoms with Crippen LogP contribution in [0.4, 0.5) is 17.1 Å². The number of amides is 1. The van der Waals surface area contributed by atoms with Crippen molar-refractivity contribution in [2.75, 3.05) is 22.1 Å². The maximum atomic E-state index is 13.1. The fourth-order valence-electron chi connectivity index (χ4n) is 5.89. The van der Waals surface area contributed by atoms with Gasteiger partial charge >= 0.3 is 5.89 Å². The van der Waals surface area contributed by atoms with Gasteiger partial charge in [-0.3, -0.25) is 4.79 Å². The number of oxazole rings is 1. The maximum absolute atomic E-state index is 13.1. The van der Waals surface area contributed by atoms with Crippen LogP contribution in [0.5, 0.6) is 5.75 Å². The molecule has 7 heteroatoms. The molecule has 4 aromatic carbocycles. The third kappa shape index (κ3) is 5.30. The fraction of sp³-hybridized carbons (Fsp3) is 0.243. The summed E-state index contributed by atoms with van der Waals surface area (Å²) in [6.45, 7) is 7.89. The highest BCUT2D eigenvalue weighted by Gasteiger charge is 2.27. The van der Waals surface area contributed by atoms with Gasteiger partial charge in [-0.25, -0.2) is 0 Å². The number of ether oxygens (including phenoxy) is 1. The Labute approximate surface area is 257 Å². The number of rotatable bonds is 9. The molecule has 0 bridgehead atoms. The van der Waals surface area contributed by atoms with Crippen LogP contribution in [0, 0.1) is 0 Å². The number of carbonyl (C=O) groups is 1. The number of hydrogen-bond acceptors (Lipinski definition) is 5. The molecule has 2 N–H and O–H groups in total. The van der Waals surface area contributed by atoms with Crippen molar-refractivity contribution >= 4 is 50.9 Å². The first-order chi connectivity index (χ1) is 21.5. The Hall–Kier alpha value is -5.04. The van der Waals surface area contributed by atoms with Gasteiger partial charge in [0.1, 0.15) is 6.54 Å². The molecule has 5 aromatic rings. The zero-order chi connectivity index (χ0) is 30.2. The summed E-state index contributed by atoms with van der Waals surface area (Å²) in [4.78, 5) is 15.3. The molecule has 0 radical (unpaired) electrons. The van der Waals surface area contributed by atoms with Crippen LogP contribution in [0.15, 0.2) is 101 Å². The first-order valence-corrected chi connectivity index (χ1v) is 15.6. The summed E-state index contributed by atoms with van der Waals surface area (Å²) >= 11 is 0. The van der Waals surface area contributed by atoms with Crippen molar-refractivity contribution in [3.8, 4) is 5.75 Å². The van der Waals surface area contributed by atoms with Crippen LogP contribution in [-0.2, 0) is 6.54 Å². The largest absolute Gasteiger partial charge is 0.439 e.